The molecule has 2 fully saturated rings. The molecule has 2 aliphatic rings. The summed E-state index contributed by atoms with van der Waals surface area (Å²) in [6, 6.07) is 14.2. The molecule has 0 radical (unpaired) electrons. The first-order chi connectivity index (χ1) is 29.3. The summed E-state index contributed by atoms with van der Waals surface area (Å²) in [7, 11) is -3.29. The highest BCUT2D eigenvalue weighted by Crippen LogP contribution is 2.46. The van der Waals surface area contributed by atoms with Crippen LogP contribution in [0.4, 0.5) is 11.6 Å². The molecule has 0 aliphatic carbocycles. The van der Waals surface area contributed by atoms with Gasteiger partial charge in [-0.2, -0.15) is 0 Å². The Balaban J connectivity index is 1.08. The molecule has 8 rings (SSSR count). The summed E-state index contributed by atoms with van der Waals surface area (Å²) in [6.45, 7) is -1.31. The van der Waals surface area contributed by atoms with Crippen molar-refractivity contribution in [3.63, 3.8) is 0 Å². The maximum atomic E-state index is 14.0. The van der Waals surface area contributed by atoms with Crippen LogP contribution in [0.25, 0.3) is 43.2 Å². The maximum Gasteiger partial charge on any atom is 0.698 e. The van der Waals surface area contributed by atoms with E-state index in [9.17, 15) is 35.4 Å². The van der Waals surface area contributed by atoms with Gasteiger partial charge in [0.15, 0.2) is 58.6 Å². The number of aliphatic hydroxyl groups excluding tert-OH is 2. The lowest BCUT2D eigenvalue weighted by Gasteiger charge is -2.19. The van der Waals surface area contributed by atoms with Crippen LogP contribution < -0.4 is 10.6 Å². The predicted octanol–water partition coefficient (Wildman–Crippen LogP) is 3.74. The van der Waals surface area contributed by atoms with Crippen LogP contribution in [-0.2, 0) is 23.1 Å². The summed E-state index contributed by atoms with van der Waals surface area (Å²) in [5.74, 6) is -0.824. The number of hydrogen-bond acceptors (Lipinski definition) is 17. The maximum absolute atomic E-state index is 14.0. The number of nitrogens with zero attached hydrogens (tertiary/aromatic N) is 14. The summed E-state index contributed by atoms with van der Waals surface area (Å²) < 4.78 is 40.7. The number of carbonyl (C=O) groups excluding carboxylic acids is 2. The van der Waals surface area contributed by atoms with Crippen LogP contribution in [-0.4, -0.2) is 111 Å². The lowest BCUT2D eigenvalue weighted by atomic mass is 10.1. The number of hydrogen-bond donors (Lipinski definition) is 4. The SMILES string of the molecule is [N-]=[N+]=N[C@H]1[C@@H](O[P+](=O)O[C@@H]2[C@H](N=[N+]=[N-])[C@@H](CO)O[C@H]2n2cnc3c(NC(=O)c4ccccc4)ncnc32)[C@H](n2cnc3c(NC(=O)c4ccccc4)ncnc32)O[C@@H]1CO. The molecule has 2 aliphatic heterocycles. The van der Waals surface area contributed by atoms with E-state index in [4.69, 9.17) is 18.5 Å². The van der Waals surface area contributed by atoms with Crippen molar-refractivity contribution in [2.24, 2.45) is 10.2 Å². The molecule has 2 amide bonds. The van der Waals surface area contributed by atoms with E-state index in [0.29, 0.717) is 11.1 Å². The Kier molecular flexibility index (Phi) is 11.6. The second-order valence-electron chi connectivity index (χ2n) is 13.0. The van der Waals surface area contributed by atoms with Gasteiger partial charge < -0.3 is 30.3 Å². The number of amides is 2. The van der Waals surface area contributed by atoms with Crippen molar-refractivity contribution in [2.45, 2.75) is 49.0 Å². The first kappa shape index (κ1) is 39.8. The molecule has 304 valence electrons. The van der Waals surface area contributed by atoms with Gasteiger partial charge in [-0.05, 0) is 35.3 Å². The van der Waals surface area contributed by atoms with E-state index in [-0.39, 0.29) is 34.0 Å². The number of nitrogens with one attached hydrogen (secondary N) is 2. The molecular weight excluding hydrogens is 807 g/mol. The zero-order valence-electron chi connectivity index (χ0n) is 30.6. The van der Waals surface area contributed by atoms with Gasteiger partial charge in [-0.3, -0.25) is 18.7 Å². The van der Waals surface area contributed by atoms with E-state index in [0.717, 1.165) is 0 Å². The third-order valence-electron chi connectivity index (χ3n) is 9.57. The van der Waals surface area contributed by atoms with E-state index in [1.165, 1.54) is 34.4 Å². The highest BCUT2D eigenvalue weighted by molar-refractivity contribution is 7.33. The second kappa shape index (κ2) is 17.4. The lowest BCUT2D eigenvalue weighted by Crippen LogP contribution is -2.34. The Hall–Kier alpha value is -7.04. The van der Waals surface area contributed by atoms with Crippen LogP contribution in [0.1, 0.15) is 33.2 Å². The normalized spacial score (nSPS) is 23.8. The van der Waals surface area contributed by atoms with Crippen LogP contribution in [0.2, 0.25) is 0 Å². The minimum atomic E-state index is -3.29. The molecule has 0 bridgehead atoms. The number of imidazole rings is 2. The zero-order valence-corrected chi connectivity index (χ0v) is 31.5. The lowest BCUT2D eigenvalue weighted by molar-refractivity contribution is -0.0538. The first-order valence-electron chi connectivity index (χ1n) is 17.8. The Bertz CT molecular complexity index is 2480. The number of azide groups is 2. The van der Waals surface area contributed by atoms with Crippen molar-refractivity contribution in [2.75, 3.05) is 23.8 Å². The van der Waals surface area contributed by atoms with Crippen molar-refractivity contribution >= 4 is 54.0 Å². The van der Waals surface area contributed by atoms with Crippen molar-refractivity contribution in [3.05, 3.63) is 118 Å². The number of fused-ring (bicyclic) bond motifs is 2. The molecule has 2 aromatic carbocycles. The summed E-state index contributed by atoms with van der Waals surface area (Å²) >= 11 is 0. The fourth-order valence-electron chi connectivity index (χ4n) is 6.83. The van der Waals surface area contributed by atoms with Crippen LogP contribution >= 0.6 is 8.25 Å². The number of ether oxygens (including phenoxy) is 2. The van der Waals surface area contributed by atoms with Crippen molar-refractivity contribution in [3.8, 4) is 0 Å². The molecule has 6 aromatic rings. The molecule has 2 saturated heterocycles. The summed E-state index contributed by atoms with van der Waals surface area (Å²) in [5.41, 5.74) is 20.2. The van der Waals surface area contributed by atoms with E-state index >= 15 is 0 Å². The third-order valence-corrected chi connectivity index (χ3v) is 10.4. The zero-order chi connectivity index (χ0) is 41.8. The number of anilines is 2. The average Bonchev–Trinajstić information content (AvgIpc) is 4.06. The second-order valence-corrected chi connectivity index (χ2v) is 13.9. The smallest absolute Gasteiger partial charge is 0.394 e. The Labute approximate surface area is 336 Å². The van der Waals surface area contributed by atoms with Crippen molar-refractivity contribution in [1.29, 1.82) is 0 Å². The standard InChI is InChI=1S/C34H29N16O9P/c35-47-45-21-19(11-51)56-33(49-15-41-23-27(37-13-39-29(23)49)43-31(53)17-7-3-1-4-8-17)25(21)58-60(55)59-26-22(46-48-36)20(12-52)57-34(26)50-16-42-24-28(38-14-40-30(24)50)44-32(54)18-9-5-2-6-10-18/h1-10,13-16,19-22,25-26,33-34,51-52H,11-12H2,(H-,37,38,39,40,43,44,53,54)/p+1/t19-,20-,21-,22-,25-,26-,33-,34-/m1/s1. The van der Waals surface area contributed by atoms with Crippen LogP contribution in [0.5, 0.6) is 0 Å². The third kappa shape index (κ3) is 7.65. The van der Waals surface area contributed by atoms with E-state index < -0.39 is 82.2 Å². The van der Waals surface area contributed by atoms with Gasteiger partial charge in [0, 0.05) is 25.5 Å². The predicted molar refractivity (Wildman–Crippen MR) is 205 cm³/mol. The van der Waals surface area contributed by atoms with Gasteiger partial charge in [-0.1, -0.05) is 46.6 Å². The Morgan fingerprint density at radius 3 is 1.50 bits per heavy atom. The Morgan fingerprint density at radius 1 is 0.700 bits per heavy atom. The fourth-order valence-corrected chi connectivity index (χ4v) is 7.74. The largest absolute Gasteiger partial charge is 0.698 e. The minimum absolute atomic E-state index is 0.0561. The number of rotatable bonds is 14. The molecule has 4 N–H and O–H groups in total. The van der Waals surface area contributed by atoms with Gasteiger partial charge >= 0.3 is 8.25 Å². The summed E-state index contributed by atoms with van der Waals surface area (Å²) in [5, 5.41) is 33.4. The van der Waals surface area contributed by atoms with Gasteiger partial charge in [0.25, 0.3) is 11.8 Å². The van der Waals surface area contributed by atoms with E-state index in [2.05, 4.69) is 60.6 Å². The van der Waals surface area contributed by atoms with E-state index in [1.807, 2.05) is 0 Å². The molecule has 25 nitrogen and oxygen atoms in total. The molecule has 0 spiro atoms. The van der Waals surface area contributed by atoms with Crippen molar-refractivity contribution < 1.29 is 42.9 Å². The topological polar surface area (TPSA) is 337 Å². The fraction of sp³-hybridized carbons (Fsp3) is 0.294. The van der Waals surface area contributed by atoms with Crippen LogP contribution in [0.3, 0.4) is 0 Å². The highest BCUT2D eigenvalue weighted by atomic mass is 31.1. The monoisotopic (exact) mass is 837 g/mol. The molecule has 0 saturated carbocycles. The number of carbonyl (C=O) groups is 2. The Morgan fingerprint density at radius 2 is 1.12 bits per heavy atom. The first-order valence-corrected chi connectivity index (χ1v) is 18.9. The van der Waals surface area contributed by atoms with Gasteiger partial charge in [0.05, 0.1) is 38.1 Å². The van der Waals surface area contributed by atoms with E-state index in [1.54, 1.807) is 60.7 Å². The molecule has 6 heterocycles. The molecule has 0 unspecified atom stereocenters. The molecule has 60 heavy (non-hydrogen) atoms. The summed E-state index contributed by atoms with van der Waals surface area (Å²) in [6.07, 6.45) is -2.97. The molecule has 8 atom stereocenters. The van der Waals surface area contributed by atoms with Gasteiger partial charge in [0.1, 0.15) is 24.7 Å². The highest BCUT2D eigenvalue weighted by Gasteiger charge is 2.55. The molecule has 26 heteroatoms. The number of aliphatic hydroxyl groups is 2. The van der Waals surface area contributed by atoms with Crippen molar-refractivity contribution in [1.82, 2.24) is 39.0 Å². The van der Waals surface area contributed by atoms with Crippen LogP contribution in [0, 0.1) is 0 Å². The quantitative estimate of drug-likeness (QED) is 0.0525. The van der Waals surface area contributed by atoms with Gasteiger partial charge in [-0.25, -0.2) is 29.9 Å². The molecular formula is C34H30N16O9P+. The van der Waals surface area contributed by atoms with Crippen LogP contribution in [0.15, 0.2) is 96.2 Å². The van der Waals surface area contributed by atoms with Gasteiger partial charge in [-0.15, -0.1) is 9.05 Å². The molecule has 4 aromatic heterocycles. The van der Waals surface area contributed by atoms with Gasteiger partial charge in [0.2, 0.25) is 0 Å². The average molecular weight is 838 g/mol. The number of aromatic nitrogens is 8. The minimum Gasteiger partial charge on any atom is -0.394 e. The summed E-state index contributed by atoms with van der Waals surface area (Å²) in [4.78, 5) is 57.3. The number of benzene rings is 2.